The molecular formula is C20H27N3O3. The maximum absolute atomic E-state index is 5.76. The quantitative estimate of drug-likeness (QED) is 0.878. The Morgan fingerprint density at radius 3 is 2.85 bits per heavy atom. The van der Waals surface area contributed by atoms with Gasteiger partial charge in [0.15, 0.2) is 5.75 Å². The number of pyridine rings is 1. The molecule has 1 saturated carbocycles. The third-order valence-electron chi connectivity index (χ3n) is 5.34. The van der Waals surface area contributed by atoms with Crippen LogP contribution in [0.1, 0.15) is 43.9 Å². The van der Waals surface area contributed by atoms with Crippen molar-refractivity contribution in [3.8, 4) is 5.75 Å². The van der Waals surface area contributed by atoms with Gasteiger partial charge in [0.2, 0.25) is 0 Å². The number of ether oxygens (including phenoxy) is 3. The number of nitrogens with one attached hydrogen (secondary N) is 1. The van der Waals surface area contributed by atoms with Crippen LogP contribution in [0.4, 0.5) is 5.69 Å². The lowest BCUT2D eigenvalue weighted by atomic mass is 9.87. The van der Waals surface area contributed by atoms with E-state index >= 15 is 0 Å². The number of anilines is 1. The molecule has 140 valence electrons. The van der Waals surface area contributed by atoms with Crippen LogP contribution >= 0.6 is 0 Å². The number of methoxy groups -OCH3 is 1. The Balaban J connectivity index is 1.58. The van der Waals surface area contributed by atoms with Gasteiger partial charge in [0.1, 0.15) is 6.10 Å². The average molecular weight is 357 g/mol. The van der Waals surface area contributed by atoms with Crippen LogP contribution in [0.5, 0.6) is 5.75 Å². The van der Waals surface area contributed by atoms with Crippen molar-refractivity contribution in [3.05, 3.63) is 36.3 Å². The highest BCUT2D eigenvalue weighted by Gasteiger charge is 2.21. The van der Waals surface area contributed by atoms with E-state index < -0.39 is 0 Å². The van der Waals surface area contributed by atoms with Gasteiger partial charge in [0, 0.05) is 5.70 Å². The molecule has 4 rings (SSSR count). The number of hydrogen-bond acceptors (Lipinski definition) is 5. The molecule has 2 aromatic rings. The van der Waals surface area contributed by atoms with Crippen LogP contribution in [-0.4, -0.2) is 36.5 Å². The summed E-state index contributed by atoms with van der Waals surface area (Å²) in [6.07, 6.45) is 8.14. The lowest BCUT2D eigenvalue weighted by Crippen LogP contribution is -2.22. The molecule has 1 aliphatic carbocycles. The summed E-state index contributed by atoms with van der Waals surface area (Å²) in [6.45, 7) is 6.08. The van der Waals surface area contributed by atoms with Gasteiger partial charge in [-0.3, -0.25) is 0 Å². The topological polar surface area (TPSA) is 57.0 Å². The highest BCUT2D eigenvalue weighted by atomic mass is 16.6. The van der Waals surface area contributed by atoms with Crippen molar-refractivity contribution < 1.29 is 14.2 Å². The fourth-order valence-electron chi connectivity index (χ4n) is 3.84. The summed E-state index contributed by atoms with van der Waals surface area (Å²) < 4.78 is 18.7. The molecule has 1 atom stereocenters. The Morgan fingerprint density at radius 1 is 1.27 bits per heavy atom. The maximum atomic E-state index is 5.76. The minimum Gasteiger partial charge on any atom is -0.493 e. The number of aromatic nitrogens is 2. The van der Waals surface area contributed by atoms with E-state index in [1.165, 1.54) is 32.1 Å². The minimum atomic E-state index is -0.108. The molecule has 0 aromatic carbocycles. The lowest BCUT2D eigenvalue weighted by molar-refractivity contribution is -0.0918. The third kappa shape index (κ3) is 3.57. The summed E-state index contributed by atoms with van der Waals surface area (Å²) in [5, 5.41) is 8.13. The Hall–Kier alpha value is -2.05. The fraction of sp³-hybridized carbons (Fsp3) is 0.550. The van der Waals surface area contributed by atoms with E-state index in [9.17, 15) is 0 Å². The molecule has 2 aromatic heterocycles. The standard InChI is InChI=1S/C20H27N3O3/c1-14(15-6-4-3-5-7-15)21-17-10-16-11-18(20-13-25-8-9-26-20)22-23(16)12-19(17)24-2/h10-12,15,20-21H,1,3-9,13H2,2H3. The second-order valence-electron chi connectivity index (χ2n) is 7.11. The van der Waals surface area contributed by atoms with E-state index in [2.05, 4.69) is 23.1 Å². The van der Waals surface area contributed by atoms with Gasteiger partial charge in [-0.25, -0.2) is 4.52 Å². The Kier molecular flexibility index (Phi) is 5.13. The smallest absolute Gasteiger partial charge is 0.160 e. The second kappa shape index (κ2) is 7.68. The highest BCUT2D eigenvalue weighted by Crippen LogP contribution is 2.33. The molecule has 1 saturated heterocycles. The fourth-order valence-corrected chi connectivity index (χ4v) is 3.84. The summed E-state index contributed by atoms with van der Waals surface area (Å²) in [4.78, 5) is 0. The van der Waals surface area contributed by atoms with Gasteiger partial charge >= 0.3 is 0 Å². The number of allylic oxidation sites excluding steroid dienone is 1. The first-order valence-electron chi connectivity index (χ1n) is 9.47. The molecule has 2 fully saturated rings. The second-order valence-corrected chi connectivity index (χ2v) is 7.11. The van der Waals surface area contributed by atoms with E-state index in [1.807, 2.05) is 16.8 Å². The predicted molar refractivity (Wildman–Crippen MR) is 101 cm³/mol. The van der Waals surface area contributed by atoms with Gasteiger partial charge in [-0.1, -0.05) is 25.8 Å². The van der Waals surface area contributed by atoms with Crippen LogP contribution in [0.3, 0.4) is 0 Å². The van der Waals surface area contributed by atoms with Crippen LogP contribution in [0.2, 0.25) is 0 Å². The summed E-state index contributed by atoms with van der Waals surface area (Å²) in [7, 11) is 1.68. The Bertz CT molecular complexity index is 774. The molecule has 0 radical (unpaired) electrons. The van der Waals surface area contributed by atoms with Crippen molar-refractivity contribution in [2.45, 2.75) is 38.2 Å². The molecular weight excluding hydrogens is 330 g/mol. The largest absolute Gasteiger partial charge is 0.493 e. The van der Waals surface area contributed by atoms with Crippen LogP contribution in [-0.2, 0) is 9.47 Å². The van der Waals surface area contributed by atoms with Crippen LogP contribution in [0.25, 0.3) is 5.52 Å². The van der Waals surface area contributed by atoms with Gasteiger partial charge in [-0.15, -0.1) is 0 Å². The monoisotopic (exact) mass is 357 g/mol. The van der Waals surface area contributed by atoms with E-state index in [4.69, 9.17) is 14.2 Å². The molecule has 0 amide bonds. The van der Waals surface area contributed by atoms with Gasteiger partial charge in [-0.05, 0) is 30.9 Å². The summed E-state index contributed by atoms with van der Waals surface area (Å²) in [5.41, 5.74) is 3.89. The van der Waals surface area contributed by atoms with Gasteiger partial charge in [0.05, 0.1) is 50.0 Å². The predicted octanol–water partition coefficient (Wildman–Crippen LogP) is 3.94. The summed E-state index contributed by atoms with van der Waals surface area (Å²) >= 11 is 0. The molecule has 0 spiro atoms. The van der Waals surface area contributed by atoms with E-state index in [1.54, 1.807) is 7.11 Å². The molecule has 6 heteroatoms. The molecule has 2 aliphatic rings. The van der Waals surface area contributed by atoms with E-state index in [-0.39, 0.29) is 6.10 Å². The Labute approximate surface area is 154 Å². The van der Waals surface area contributed by atoms with Crippen molar-refractivity contribution in [1.82, 2.24) is 9.61 Å². The first-order chi connectivity index (χ1) is 12.7. The first-order valence-corrected chi connectivity index (χ1v) is 9.47. The van der Waals surface area contributed by atoms with E-state index in [0.717, 1.165) is 28.3 Å². The summed E-state index contributed by atoms with van der Waals surface area (Å²) in [5.74, 6) is 1.29. The number of fused-ring (bicyclic) bond motifs is 1. The molecule has 26 heavy (non-hydrogen) atoms. The lowest BCUT2D eigenvalue weighted by Gasteiger charge is -2.25. The van der Waals surface area contributed by atoms with Crippen LogP contribution in [0, 0.1) is 5.92 Å². The van der Waals surface area contributed by atoms with Crippen molar-refractivity contribution in [2.24, 2.45) is 5.92 Å². The van der Waals surface area contributed by atoms with Gasteiger partial charge < -0.3 is 19.5 Å². The molecule has 1 N–H and O–H groups in total. The molecule has 6 nitrogen and oxygen atoms in total. The number of nitrogens with zero attached hydrogens (tertiary/aromatic N) is 2. The third-order valence-corrected chi connectivity index (χ3v) is 5.34. The normalized spacial score (nSPS) is 21.7. The minimum absolute atomic E-state index is 0.108. The van der Waals surface area contributed by atoms with Crippen molar-refractivity contribution in [3.63, 3.8) is 0 Å². The van der Waals surface area contributed by atoms with Crippen molar-refractivity contribution in [2.75, 3.05) is 32.2 Å². The highest BCUT2D eigenvalue weighted by molar-refractivity contribution is 5.67. The maximum Gasteiger partial charge on any atom is 0.160 e. The van der Waals surface area contributed by atoms with Crippen LogP contribution in [0.15, 0.2) is 30.6 Å². The zero-order valence-electron chi connectivity index (χ0n) is 15.4. The number of hydrogen-bond donors (Lipinski definition) is 1. The molecule has 3 heterocycles. The van der Waals surface area contributed by atoms with Gasteiger partial charge in [0.25, 0.3) is 0 Å². The SMILES string of the molecule is C=C(Nc1cc2cc(C3COCCO3)nn2cc1OC)C1CCCCC1. The Morgan fingerprint density at radius 2 is 2.12 bits per heavy atom. The van der Waals surface area contributed by atoms with Gasteiger partial charge in [-0.2, -0.15) is 5.10 Å². The van der Waals surface area contributed by atoms with Crippen LogP contribution < -0.4 is 10.1 Å². The zero-order valence-corrected chi connectivity index (χ0v) is 15.4. The van der Waals surface area contributed by atoms with Crippen molar-refractivity contribution >= 4 is 11.2 Å². The zero-order chi connectivity index (χ0) is 17.9. The van der Waals surface area contributed by atoms with E-state index in [0.29, 0.717) is 25.7 Å². The number of rotatable bonds is 5. The average Bonchev–Trinajstić information content (AvgIpc) is 3.11. The first kappa shape index (κ1) is 17.4. The summed E-state index contributed by atoms with van der Waals surface area (Å²) in [6, 6.07) is 4.11. The molecule has 0 bridgehead atoms. The van der Waals surface area contributed by atoms with Crippen molar-refractivity contribution in [1.29, 1.82) is 0 Å². The molecule has 1 aliphatic heterocycles. The molecule has 1 unspecified atom stereocenters.